The van der Waals surface area contributed by atoms with E-state index in [1.54, 1.807) is 0 Å². The highest BCUT2D eigenvalue weighted by atomic mass is 14.2. The van der Waals surface area contributed by atoms with E-state index in [0.29, 0.717) is 0 Å². The van der Waals surface area contributed by atoms with Crippen molar-refractivity contribution in [1.29, 1.82) is 0 Å². The van der Waals surface area contributed by atoms with Crippen molar-refractivity contribution in [3.8, 4) is 0 Å². The highest BCUT2D eigenvalue weighted by molar-refractivity contribution is 5.86. The molecule has 0 aromatic heterocycles. The minimum Gasteiger partial charge on any atom is -0.0629 e. The van der Waals surface area contributed by atoms with Gasteiger partial charge in [0.05, 0.1) is 0 Å². The molecule has 70 valence electrons. The molecule has 1 aliphatic rings. The van der Waals surface area contributed by atoms with Crippen molar-refractivity contribution in [3.05, 3.63) is 83.8 Å². The Labute approximate surface area is 89.9 Å². The van der Waals surface area contributed by atoms with Gasteiger partial charge in [0.15, 0.2) is 0 Å². The van der Waals surface area contributed by atoms with Gasteiger partial charge in [-0.05, 0) is 22.3 Å². The first kappa shape index (κ1) is 8.49. The summed E-state index contributed by atoms with van der Waals surface area (Å²) in [6, 6.07) is 18.8. The summed E-state index contributed by atoms with van der Waals surface area (Å²) in [6.07, 6.45) is 5.36. The molecule has 2 aromatic carbocycles. The van der Waals surface area contributed by atoms with E-state index < -0.39 is 0 Å². The van der Waals surface area contributed by atoms with Crippen molar-refractivity contribution in [2.45, 2.75) is 0 Å². The number of fused-ring (bicyclic) bond motifs is 1. The second kappa shape index (κ2) is 3.39. The molecule has 0 N–H and O–H groups in total. The number of hydrogen-bond acceptors (Lipinski definition) is 0. The first-order chi connectivity index (χ1) is 7.45. The van der Waals surface area contributed by atoms with Gasteiger partial charge < -0.3 is 0 Å². The molecule has 1 aliphatic carbocycles. The van der Waals surface area contributed by atoms with Crippen LogP contribution in [0.4, 0.5) is 0 Å². The molecule has 0 atom stereocenters. The van der Waals surface area contributed by atoms with E-state index in [0.717, 1.165) is 0 Å². The fourth-order valence-corrected chi connectivity index (χ4v) is 1.93. The molecule has 0 saturated heterocycles. The summed E-state index contributed by atoms with van der Waals surface area (Å²) in [4.78, 5) is 0. The molecule has 2 aromatic rings. The zero-order chi connectivity index (χ0) is 10.1. The van der Waals surface area contributed by atoms with Crippen molar-refractivity contribution in [3.63, 3.8) is 0 Å². The molecule has 0 heterocycles. The van der Waals surface area contributed by atoms with Gasteiger partial charge in [-0.1, -0.05) is 60.7 Å². The van der Waals surface area contributed by atoms with E-state index in [1.807, 2.05) is 12.1 Å². The largest absolute Gasteiger partial charge is 0.0629 e. The SMILES string of the molecule is [C]1C=C(c2ccccc2)c2ccccc21. The quantitative estimate of drug-likeness (QED) is 0.645. The van der Waals surface area contributed by atoms with Crippen molar-refractivity contribution in [1.82, 2.24) is 0 Å². The van der Waals surface area contributed by atoms with Crippen LogP contribution < -0.4 is 0 Å². The summed E-state index contributed by atoms with van der Waals surface area (Å²) >= 11 is 0. The lowest BCUT2D eigenvalue weighted by Crippen LogP contribution is -1.85. The van der Waals surface area contributed by atoms with Gasteiger partial charge in [-0.2, -0.15) is 0 Å². The number of rotatable bonds is 1. The maximum Gasteiger partial charge on any atom is 0.0436 e. The van der Waals surface area contributed by atoms with Crippen LogP contribution in [0.15, 0.2) is 60.7 Å². The Balaban J connectivity index is 2.11. The van der Waals surface area contributed by atoms with E-state index in [4.69, 9.17) is 0 Å². The van der Waals surface area contributed by atoms with Crippen LogP contribution in [-0.2, 0) is 0 Å². The summed E-state index contributed by atoms with van der Waals surface area (Å²) < 4.78 is 0. The van der Waals surface area contributed by atoms with Gasteiger partial charge in [0, 0.05) is 6.42 Å². The van der Waals surface area contributed by atoms with Crippen LogP contribution in [0.2, 0.25) is 0 Å². The molecule has 0 saturated carbocycles. The Morgan fingerprint density at radius 3 is 2.33 bits per heavy atom. The Morgan fingerprint density at radius 2 is 1.47 bits per heavy atom. The Morgan fingerprint density at radius 1 is 0.733 bits per heavy atom. The van der Waals surface area contributed by atoms with E-state index in [9.17, 15) is 0 Å². The maximum absolute atomic E-state index is 3.29. The molecule has 0 unspecified atom stereocenters. The van der Waals surface area contributed by atoms with Crippen LogP contribution in [-0.4, -0.2) is 0 Å². The lowest BCUT2D eigenvalue weighted by molar-refractivity contribution is 1.52. The molecule has 0 fully saturated rings. The van der Waals surface area contributed by atoms with Gasteiger partial charge in [0.25, 0.3) is 0 Å². The van der Waals surface area contributed by atoms with Gasteiger partial charge in [-0.25, -0.2) is 0 Å². The molecule has 0 amide bonds. The third-order valence-corrected chi connectivity index (χ3v) is 2.67. The molecule has 2 radical (unpaired) electrons. The van der Waals surface area contributed by atoms with Crippen LogP contribution in [0.25, 0.3) is 5.57 Å². The monoisotopic (exact) mass is 190 g/mol. The maximum atomic E-state index is 3.29. The summed E-state index contributed by atoms with van der Waals surface area (Å²) in [7, 11) is 0. The third kappa shape index (κ3) is 1.39. The second-order valence-corrected chi connectivity index (χ2v) is 3.61. The zero-order valence-corrected chi connectivity index (χ0v) is 8.27. The molecule has 15 heavy (non-hydrogen) atoms. The predicted octanol–water partition coefficient (Wildman–Crippen LogP) is 3.56. The van der Waals surface area contributed by atoms with E-state index in [2.05, 4.69) is 55.0 Å². The topological polar surface area (TPSA) is 0 Å². The number of benzene rings is 2. The third-order valence-electron chi connectivity index (χ3n) is 2.67. The zero-order valence-electron chi connectivity index (χ0n) is 8.27. The van der Waals surface area contributed by atoms with Gasteiger partial charge in [-0.3, -0.25) is 0 Å². The average Bonchev–Trinajstić information content (AvgIpc) is 2.74. The van der Waals surface area contributed by atoms with Crippen LogP contribution in [0.1, 0.15) is 16.7 Å². The van der Waals surface area contributed by atoms with Gasteiger partial charge in [0.1, 0.15) is 0 Å². The number of allylic oxidation sites excluding steroid dienone is 1. The fraction of sp³-hybridized carbons (Fsp3) is 0. The molecule has 3 rings (SSSR count). The highest BCUT2D eigenvalue weighted by Gasteiger charge is 2.14. The van der Waals surface area contributed by atoms with E-state index in [1.165, 1.54) is 22.3 Å². The first-order valence-electron chi connectivity index (χ1n) is 5.07. The molecular weight excluding hydrogens is 180 g/mol. The summed E-state index contributed by atoms with van der Waals surface area (Å²) in [5, 5.41) is 0. The van der Waals surface area contributed by atoms with Gasteiger partial charge in [-0.15, -0.1) is 0 Å². The van der Waals surface area contributed by atoms with Crippen LogP contribution in [0.5, 0.6) is 0 Å². The standard InChI is InChI=1S/C15H10/c1-2-6-12(7-3-1)15-11-10-13-8-4-5-9-14(13)15/h1-9,11H. The molecule has 0 spiro atoms. The van der Waals surface area contributed by atoms with E-state index >= 15 is 0 Å². The first-order valence-corrected chi connectivity index (χ1v) is 5.07. The Hall–Kier alpha value is -1.82. The molecular formula is C15H10. The van der Waals surface area contributed by atoms with Crippen LogP contribution >= 0.6 is 0 Å². The van der Waals surface area contributed by atoms with Crippen molar-refractivity contribution < 1.29 is 0 Å². The Kier molecular flexibility index (Phi) is 1.92. The summed E-state index contributed by atoms with van der Waals surface area (Å²) in [6.45, 7) is 0. The van der Waals surface area contributed by atoms with Gasteiger partial charge >= 0.3 is 0 Å². The molecule has 0 nitrogen and oxygen atoms in total. The average molecular weight is 190 g/mol. The smallest absolute Gasteiger partial charge is 0.0436 e. The molecule has 0 heteroatoms. The molecule has 0 bridgehead atoms. The van der Waals surface area contributed by atoms with Crippen LogP contribution in [0, 0.1) is 6.42 Å². The highest BCUT2D eigenvalue weighted by Crippen LogP contribution is 2.33. The normalized spacial score (nSPS) is 13.5. The fourth-order valence-electron chi connectivity index (χ4n) is 1.93. The van der Waals surface area contributed by atoms with E-state index in [-0.39, 0.29) is 0 Å². The van der Waals surface area contributed by atoms with Crippen LogP contribution in [0.3, 0.4) is 0 Å². The van der Waals surface area contributed by atoms with Gasteiger partial charge in [0.2, 0.25) is 0 Å². The predicted molar refractivity (Wildman–Crippen MR) is 62.3 cm³/mol. The number of hydrogen-bond donors (Lipinski definition) is 0. The minimum atomic E-state index is 1.19. The lowest BCUT2D eigenvalue weighted by atomic mass is 9.99. The lowest BCUT2D eigenvalue weighted by Gasteiger charge is -2.04. The second-order valence-electron chi connectivity index (χ2n) is 3.61. The van der Waals surface area contributed by atoms with Crippen molar-refractivity contribution >= 4 is 5.57 Å². The summed E-state index contributed by atoms with van der Waals surface area (Å²) in [5.74, 6) is 0. The summed E-state index contributed by atoms with van der Waals surface area (Å²) in [5.41, 5.74) is 5.00. The van der Waals surface area contributed by atoms with Crippen molar-refractivity contribution in [2.75, 3.05) is 0 Å². The van der Waals surface area contributed by atoms with Crippen molar-refractivity contribution in [2.24, 2.45) is 0 Å². The Bertz CT molecular complexity index is 507. The minimum absolute atomic E-state index is 1.19. The molecule has 0 aliphatic heterocycles.